The van der Waals surface area contributed by atoms with Gasteiger partial charge in [0.15, 0.2) is 0 Å². The van der Waals surface area contributed by atoms with Crippen LogP contribution in [0.5, 0.6) is 0 Å². The van der Waals surface area contributed by atoms with Gasteiger partial charge in [0.1, 0.15) is 11.3 Å². The summed E-state index contributed by atoms with van der Waals surface area (Å²) in [6, 6.07) is 24.1. The second-order valence-electron chi connectivity index (χ2n) is 9.28. The van der Waals surface area contributed by atoms with Crippen molar-refractivity contribution < 1.29 is 0 Å². The number of imidazole rings is 1. The zero-order valence-electron chi connectivity index (χ0n) is 20.6. The molecule has 3 heteroatoms. The van der Waals surface area contributed by atoms with Crippen LogP contribution in [-0.2, 0) is 13.0 Å². The molecular weight excluding hydrogens is 402 g/mol. The van der Waals surface area contributed by atoms with Crippen molar-refractivity contribution in [3.05, 3.63) is 77.9 Å². The van der Waals surface area contributed by atoms with Crippen LogP contribution in [0, 0.1) is 0 Å². The zero-order valence-corrected chi connectivity index (χ0v) is 20.6. The molecular formula is C30H37N3. The monoisotopic (exact) mass is 439 g/mol. The molecule has 0 saturated heterocycles. The van der Waals surface area contributed by atoms with Gasteiger partial charge in [-0.3, -0.25) is 0 Å². The number of nitrogens with one attached hydrogen (secondary N) is 1. The lowest BCUT2D eigenvalue weighted by Crippen LogP contribution is -2.01. The molecule has 0 atom stereocenters. The van der Waals surface area contributed by atoms with Gasteiger partial charge in [-0.2, -0.15) is 0 Å². The van der Waals surface area contributed by atoms with E-state index in [0.29, 0.717) is 5.92 Å². The highest BCUT2D eigenvalue weighted by Gasteiger charge is 2.16. The molecule has 4 rings (SSSR count). The van der Waals surface area contributed by atoms with E-state index in [-0.39, 0.29) is 0 Å². The van der Waals surface area contributed by atoms with Crippen molar-refractivity contribution in [3.8, 4) is 11.4 Å². The molecule has 172 valence electrons. The Morgan fingerprint density at radius 2 is 1.55 bits per heavy atom. The largest absolute Gasteiger partial charge is 0.353 e. The van der Waals surface area contributed by atoms with Crippen molar-refractivity contribution >= 4 is 22.4 Å². The molecule has 0 fully saturated rings. The molecule has 1 heterocycles. The molecule has 33 heavy (non-hydrogen) atoms. The molecule has 0 bridgehead atoms. The van der Waals surface area contributed by atoms with Gasteiger partial charge in [-0.25, -0.2) is 4.98 Å². The van der Waals surface area contributed by atoms with Gasteiger partial charge >= 0.3 is 0 Å². The molecule has 0 spiro atoms. The molecule has 0 unspecified atom stereocenters. The minimum Gasteiger partial charge on any atom is -0.353 e. The highest BCUT2D eigenvalue weighted by molar-refractivity contribution is 5.93. The number of hydrogen-bond donors (Lipinski definition) is 1. The Labute approximate surface area is 198 Å². The van der Waals surface area contributed by atoms with Gasteiger partial charge in [0, 0.05) is 17.8 Å². The van der Waals surface area contributed by atoms with Crippen molar-refractivity contribution in [2.45, 2.75) is 72.3 Å². The van der Waals surface area contributed by atoms with E-state index in [2.05, 4.69) is 104 Å². The molecule has 0 amide bonds. The van der Waals surface area contributed by atoms with Crippen LogP contribution in [0.1, 0.15) is 70.4 Å². The summed E-state index contributed by atoms with van der Waals surface area (Å²) in [5, 5.41) is 3.70. The Balaban J connectivity index is 1.77. The second-order valence-corrected chi connectivity index (χ2v) is 9.28. The number of hydrogen-bond acceptors (Lipinski definition) is 2. The number of para-hydroxylation sites is 2. The van der Waals surface area contributed by atoms with E-state index in [1.165, 1.54) is 35.0 Å². The van der Waals surface area contributed by atoms with Crippen molar-refractivity contribution in [1.82, 2.24) is 9.55 Å². The number of aryl methyl sites for hydroxylation is 2. The zero-order chi connectivity index (χ0) is 23.2. The average molecular weight is 440 g/mol. The average Bonchev–Trinajstić information content (AvgIpc) is 3.21. The lowest BCUT2D eigenvalue weighted by atomic mass is 10.0. The Bertz CT molecular complexity index is 1190. The molecule has 0 saturated carbocycles. The minimum absolute atomic E-state index is 0.455. The highest BCUT2D eigenvalue weighted by atomic mass is 15.1. The topological polar surface area (TPSA) is 29.9 Å². The molecule has 1 N–H and O–H groups in total. The van der Waals surface area contributed by atoms with Gasteiger partial charge < -0.3 is 9.88 Å². The van der Waals surface area contributed by atoms with Crippen LogP contribution in [0.2, 0.25) is 0 Å². The fourth-order valence-corrected chi connectivity index (χ4v) is 4.47. The van der Waals surface area contributed by atoms with E-state index in [9.17, 15) is 0 Å². The summed E-state index contributed by atoms with van der Waals surface area (Å²) in [4.78, 5) is 5.20. The first-order valence-electron chi connectivity index (χ1n) is 12.6. The molecule has 1 aromatic heterocycles. The summed E-state index contributed by atoms with van der Waals surface area (Å²) in [5.74, 6) is 1.52. The van der Waals surface area contributed by atoms with Crippen molar-refractivity contribution in [2.24, 2.45) is 0 Å². The van der Waals surface area contributed by atoms with E-state index in [4.69, 9.17) is 4.98 Å². The maximum absolute atomic E-state index is 5.20. The number of rotatable bonds is 10. The Morgan fingerprint density at radius 3 is 2.27 bits per heavy atom. The predicted octanol–water partition coefficient (Wildman–Crippen LogP) is 8.71. The molecule has 0 aliphatic rings. The van der Waals surface area contributed by atoms with E-state index in [1.54, 1.807) is 0 Å². The van der Waals surface area contributed by atoms with Crippen molar-refractivity contribution in [3.63, 3.8) is 0 Å². The first kappa shape index (κ1) is 23.1. The maximum Gasteiger partial charge on any atom is 0.141 e. The molecule has 4 aromatic rings. The standard InChI is InChI=1S/C30H37N3/c1-5-7-12-23-17-19-24(20-18-23)30-32-29-27(15-11-16-28(29)33(30)21-8-6-2)31-26-14-10-9-13-25(26)22(3)4/h9-11,13-20,22,31H,5-8,12,21H2,1-4H3. The number of aromatic nitrogens is 2. The SMILES string of the molecule is CCCCc1ccc(-c2nc3c(Nc4ccccc4C(C)C)cccc3n2CCCC)cc1. The summed E-state index contributed by atoms with van der Waals surface area (Å²) < 4.78 is 2.40. The molecule has 0 radical (unpaired) electrons. The Kier molecular flexibility index (Phi) is 7.49. The third kappa shape index (κ3) is 5.13. The summed E-state index contributed by atoms with van der Waals surface area (Å²) >= 11 is 0. The maximum atomic E-state index is 5.20. The van der Waals surface area contributed by atoms with E-state index < -0.39 is 0 Å². The fourth-order valence-electron chi connectivity index (χ4n) is 4.47. The highest BCUT2D eigenvalue weighted by Crippen LogP contribution is 2.33. The summed E-state index contributed by atoms with van der Waals surface area (Å²) in [6.45, 7) is 9.95. The lowest BCUT2D eigenvalue weighted by Gasteiger charge is -2.15. The van der Waals surface area contributed by atoms with Gasteiger partial charge in [-0.15, -0.1) is 0 Å². The molecule has 3 nitrogen and oxygen atoms in total. The van der Waals surface area contributed by atoms with Crippen LogP contribution in [-0.4, -0.2) is 9.55 Å². The van der Waals surface area contributed by atoms with Crippen LogP contribution in [0.15, 0.2) is 66.7 Å². The van der Waals surface area contributed by atoms with Crippen LogP contribution in [0.3, 0.4) is 0 Å². The normalized spacial score (nSPS) is 11.4. The summed E-state index contributed by atoms with van der Waals surface area (Å²) in [6.07, 6.45) is 5.91. The lowest BCUT2D eigenvalue weighted by molar-refractivity contribution is 0.651. The molecule has 3 aromatic carbocycles. The first-order valence-corrected chi connectivity index (χ1v) is 12.6. The van der Waals surface area contributed by atoms with Crippen LogP contribution < -0.4 is 5.32 Å². The fraction of sp³-hybridized carbons (Fsp3) is 0.367. The quantitative estimate of drug-likeness (QED) is 0.268. The third-order valence-electron chi connectivity index (χ3n) is 6.40. The van der Waals surface area contributed by atoms with Crippen LogP contribution >= 0.6 is 0 Å². The number of anilines is 2. The third-order valence-corrected chi connectivity index (χ3v) is 6.40. The van der Waals surface area contributed by atoms with E-state index in [1.807, 2.05) is 0 Å². The van der Waals surface area contributed by atoms with Gasteiger partial charge in [-0.05, 0) is 54.5 Å². The molecule has 0 aliphatic carbocycles. The Morgan fingerprint density at radius 1 is 0.818 bits per heavy atom. The van der Waals surface area contributed by atoms with E-state index >= 15 is 0 Å². The number of fused-ring (bicyclic) bond motifs is 1. The Hall–Kier alpha value is -3.07. The summed E-state index contributed by atoms with van der Waals surface area (Å²) in [5.41, 5.74) is 8.38. The number of unbranched alkanes of at least 4 members (excludes halogenated alkanes) is 2. The van der Waals surface area contributed by atoms with Crippen LogP contribution in [0.25, 0.3) is 22.4 Å². The second kappa shape index (κ2) is 10.7. The number of benzene rings is 3. The first-order chi connectivity index (χ1) is 16.1. The van der Waals surface area contributed by atoms with Crippen molar-refractivity contribution in [2.75, 3.05) is 5.32 Å². The van der Waals surface area contributed by atoms with Crippen LogP contribution in [0.4, 0.5) is 11.4 Å². The van der Waals surface area contributed by atoms with Gasteiger partial charge in [0.25, 0.3) is 0 Å². The minimum atomic E-state index is 0.455. The predicted molar refractivity (Wildman–Crippen MR) is 143 cm³/mol. The van der Waals surface area contributed by atoms with Gasteiger partial charge in [0.05, 0.1) is 11.2 Å². The smallest absolute Gasteiger partial charge is 0.141 e. The van der Waals surface area contributed by atoms with Gasteiger partial charge in [0.2, 0.25) is 0 Å². The van der Waals surface area contributed by atoms with Crippen molar-refractivity contribution in [1.29, 1.82) is 0 Å². The van der Waals surface area contributed by atoms with E-state index in [0.717, 1.165) is 48.5 Å². The van der Waals surface area contributed by atoms with Gasteiger partial charge in [-0.1, -0.05) is 89.1 Å². The summed E-state index contributed by atoms with van der Waals surface area (Å²) in [7, 11) is 0. The number of nitrogens with zero attached hydrogens (tertiary/aromatic N) is 2. The molecule has 0 aliphatic heterocycles.